The molecule has 0 atom stereocenters. The van der Waals surface area contributed by atoms with E-state index >= 15 is 0 Å². The van der Waals surface area contributed by atoms with Gasteiger partial charge in [0, 0.05) is 13.1 Å². The Kier molecular flexibility index (Phi) is 3.95. The van der Waals surface area contributed by atoms with E-state index < -0.39 is 0 Å². The van der Waals surface area contributed by atoms with Crippen molar-refractivity contribution in [1.29, 1.82) is 0 Å². The minimum atomic E-state index is -0.222. The molecular formula is C13H20ClN3O. The SMILES string of the molecule is CCn1ncc(NCC2(C)CCCC2)c(Cl)c1=O. The van der Waals surface area contributed by atoms with Crippen LogP contribution in [-0.2, 0) is 6.54 Å². The lowest BCUT2D eigenvalue weighted by Crippen LogP contribution is -2.27. The minimum Gasteiger partial charge on any atom is -0.382 e. The van der Waals surface area contributed by atoms with Crippen LogP contribution in [0.1, 0.15) is 39.5 Å². The van der Waals surface area contributed by atoms with E-state index in [0.29, 0.717) is 17.6 Å². The first-order valence-electron chi connectivity index (χ1n) is 6.55. The highest BCUT2D eigenvalue weighted by Gasteiger charge is 2.28. The molecule has 0 aromatic carbocycles. The van der Waals surface area contributed by atoms with Crippen molar-refractivity contribution >= 4 is 17.3 Å². The smallest absolute Gasteiger partial charge is 0.287 e. The number of hydrogen-bond acceptors (Lipinski definition) is 3. The molecule has 1 saturated carbocycles. The van der Waals surface area contributed by atoms with Crippen molar-refractivity contribution in [3.05, 3.63) is 21.6 Å². The van der Waals surface area contributed by atoms with Crippen LogP contribution in [0.5, 0.6) is 0 Å². The molecule has 1 aliphatic carbocycles. The summed E-state index contributed by atoms with van der Waals surface area (Å²) in [6.45, 7) is 5.54. The summed E-state index contributed by atoms with van der Waals surface area (Å²) in [7, 11) is 0. The Morgan fingerprint density at radius 2 is 2.17 bits per heavy atom. The van der Waals surface area contributed by atoms with Crippen molar-refractivity contribution in [2.75, 3.05) is 11.9 Å². The first-order chi connectivity index (χ1) is 8.56. The van der Waals surface area contributed by atoms with Gasteiger partial charge in [-0.15, -0.1) is 0 Å². The fraction of sp³-hybridized carbons (Fsp3) is 0.692. The van der Waals surface area contributed by atoms with E-state index in [1.807, 2.05) is 6.92 Å². The molecule has 1 heterocycles. The highest BCUT2D eigenvalue weighted by atomic mass is 35.5. The third-order valence-electron chi connectivity index (χ3n) is 3.80. The van der Waals surface area contributed by atoms with Gasteiger partial charge in [-0.3, -0.25) is 4.79 Å². The lowest BCUT2D eigenvalue weighted by molar-refractivity contribution is 0.362. The molecule has 1 aromatic rings. The van der Waals surface area contributed by atoms with Crippen LogP contribution in [0, 0.1) is 5.41 Å². The highest BCUT2D eigenvalue weighted by Crippen LogP contribution is 2.37. The molecule has 1 aliphatic rings. The Morgan fingerprint density at radius 1 is 1.50 bits per heavy atom. The molecule has 4 nitrogen and oxygen atoms in total. The van der Waals surface area contributed by atoms with Crippen molar-refractivity contribution in [3.8, 4) is 0 Å². The first kappa shape index (κ1) is 13.4. The molecule has 1 N–H and O–H groups in total. The predicted octanol–water partition coefficient (Wildman–Crippen LogP) is 2.91. The predicted molar refractivity (Wildman–Crippen MR) is 74.2 cm³/mol. The van der Waals surface area contributed by atoms with Crippen LogP contribution in [0.2, 0.25) is 5.02 Å². The molecule has 1 fully saturated rings. The molecular weight excluding hydrogens is 250 g/mol. The number of rotatable bonds is 4. The number of hydrogen-bond donors (Lipinski definition) is 1. The maximum Gasteiger partial charge on any atom is 0.287 e. The fourth-order valence-corrected chi connectivity index (χ4v) is 2.74. The normalized spacial score (nSPS) is 17.9. The first-order valence-corrected chi connectivity index (χ1v) is 6.93. The Hall–Kier alpha value is -1.03. The van der Waals surface area contributed by atoms with Crippen LogP contribution in [0.4, 0.5) is 5.69 Å². The number of nitrogens with zero attached hydrogens (tertiary/aromatic N) is 2. The molecule has 0 spiro atoms. The van der Waals surface area contributed by atoms with Gasteiger partial charge in [0.2, 0.25) is 0 Å². The molecule has 5 heteroatoms. The molecule has 0 amide bonds. The van der Waals surface area contributed by atoms with E-state index in [-0.39, 0.29) is 10.6 Å². The van der Waals surface area contributed by atoms with Crippen molar-refractivity contribution in [2.24, 2.45) is 5.41 Å². The van der Waals surface area contributed by atoms with Gasteiger partial charge in [0.1, 0.15) is 5.02 Å². The van der Waals surface area contributed by atoms with Gasteiger partial charge in [-0.1, -0.05) is 31.4 Å². The van der Waals surface area contributed by atoms with Gasteiger partial charge >= 0.3 is 0 Å². The Balaban J connectivity index is 2.10. The average Bonchev–Trinajstić information content (AvgIpc) is 2.79. The summed E-state index contributed by atoms with van der Waals surface area (Å²) in [4.78, 5) is 11.8. The van der Waals surface area contributed by atoms with E-state index in [9.17, 15) is 4.79 Å². The van der Waals surface area contributed by atoms with Gasteiger partial charge in [-0.05, 0) is 25.2 Å². The summed E-state index contributed by atoms with van der Waals surface area (Å²) in [5, 5.41) is 7.61. The number of nitrogens with one attached hydrogen (secondary N) is 1. The zero-order valence-corrected chi connectivity index (χ0v) is 11.8. The summed E-state index contributed by atoms with van der Waals surface area (Å²) in [6, 6.07) is 0. The van der Waals surface area contributed by atoms with Crippen LogP contribution in [-0.4, -0.2) is 16.3 Å². The van der Waals surface area contributed by atoms with E-state index in [1.54, 1.807) is 6.20 Å². The van der Waals surface area contributed by atoms with Crippen molar-refractivity contribution < 1.29 is 0 Å². The van der Waals surface area contributed by atoms with Crippen LogP contribution in [0.25, 0.3) is 0 Å². The van der Waals surface area contributed by atoms with E-state index in [1.165, 1.54) is 30.4 Å². The lowest BCUT2D eigenvalue weighted by Gasteiger charge is -2.24. The standard InChI is InChI=1S/C13H20ClN3O/c1-3-17-12(18)11(14)10(8-16-17)15-9-13(2)6-4-5-7-13/h8,15H,3-7,9H2,1-2H3. The molecule has 0 unspecified atom stereocenters. The van der Waals surface area contributed by atoms with Gasteiger partial charge < -0.3 is 5.32 Å². The summed E-state index contributed by atoms with van der Waals surface area (Å²) in [6.07, 6.45) is 6.70. The van der Waals surface area contributed by atoms with Gasteiger partial charge in [0.25, 0.3) is 5.56 Å². The molecule has 0 aliphatic heterocycles. The highest BCUT2D eigenvalue weighted by molar-refractivity contribution is 6.32. The van der Waals surface area contributed by atoms with E-state index in [0.717, 1.165) is 6.54 Å². The van der Waals surface area contributed by atoms with Gasteiger partial charge in [0.05, 0.1) is 11.9 Å². The van der Waals surface area contributed by atoms with Gasteiger partial charge in [-0.25, -0.2) is 4.68 Å². The molecule has 0 radical (unpaired) electrons. The van der Waals surface area contributed by atoms with Crippen LogP contribution >= 0.6 is 11.6 Å². The van der Waals surface area contributed by atoms with E-state index in [2.05, 4.69) is 17.3 Å². The second-order valence-corrected chi connectivity index (χ2v) is 5.74. The van der Waals surface area contributed by atoms with Gasteiger partial charge in [-0.2, -0.15) is 5.10 Å². The minimum absolute atomic E-state index is 0.222. The average molecular weight is 270 g/mol. The molecule has 2 rings (SSSR count). The molecule has 1 aromatic heterocycles. The maximum atomic E-state index is 11.8. The van der Waals surface area contributed by atoms with Crippen LogP contribution in [0.15, 0.2) is 11.0 Å². The van der Waals surface area contributed by atoms with E-state index in [4.69, 9.17) is 11.6 Å². The zero-order chi connectivity index (χ0) is 13.2. The molecule has 0 bridgehead atoms. The zero-order valence-electron chi connectivity index (χ0n) is 11.0. The summed E-state index contributed by atoms with van der Waals surface area (Å²) >= 11 is 6.07. The van der Waals surface area contributed by atoms with Crippen molar-refractivity contribution in [3.63, 3.8) is 0 Å². The Bertz CT molecular complexity index is 478. The Labute approximate surface area is 112 Å². The van der Waals surface area contributed by atoms with Crippen molar-refractivity contribution in [2.45, 2.75) is 46.1 Å². The third-order valence-corrected chi connectivity index (χ3v) is 4.17. The van der Waals surface area contributed by atoms with Crippen LogP contribution < -0.4 is 10.9 Å². The number of aromatic nitrogens is 2. The molecule has 18 heavy (non-hydrogen) atoms. The lowest BCUT2D eigenvalue weighted by atomic mass is 9.89. The summed E-state index contributed by atoms with van der Waals surface area (Å²) < 4.78 is 1.37. The summed E-state index contributed by atoms with van der Waals surface area (Å²) in [5.74, 6) is 0. The number of anilines is 1. The second-order valence-electron chi connectivity index (χ2n) is 5.36. The number of halogens is 1. The molecule has 100 valence electrons. The largest absolute Gasteiger partial charge is 0.382 e. The van der Waals surface area contributed by atoms with Gasteiger partial charge in [0.15, 0.2) is 0 Å². The maximum absolute atomic E-state index is 11.8. The monoisotopic (exact) mass is 269 g/mol. The third kappa shape index (κ3) is 2.69. The fourth-order valence-electron chi connectivity index (χ4n) is 2.53. The number of aryl methyl sites for hydroxylation is 1. The van der Waals surface area contributed by atoms with Crippen molar-refractivity contribution in [1.82, 2.24) is 9.78 Å². The molecule has 0 saturated heterocycles. The topological polar surface area (TPSA) is 46.9 Å². The van der Waals surface area contributed by atoms with Crippen LogP contribution in [0.3, 0.4) is 0 Å². The summed E-state index contributed by atoms with van der Waals surface area (Å²) in [5.41, 5.74) is 0.753. The quantitative estimate of drug-likeness (QED) is 0.914. The Morgan fingerprint density at radius 3 is 2.78 bits per heavy atom. The second kappa shape index (κ2) is 5.31.